The van der Waals surface area contributed by atoms with Crippen LogP contribution in [0.2, 0.25) is 0 Å². The second-order valence-corrected chi connectivity index (χ2v) is 7.91. The van der Waals surface area contributed by atoms with Gasteiger partial charge < -0.3 is 10.1 Å². The lowest BCUT2D eigenvalue weighted by Gasteiger charge is -2.06. The van der Waals surface area contributed by atoms with E-state index in [0.29, 0.717) is 16.3 Å². The SMILES string of the molecule is CCCc1cc(C(=O)OCC(=O)Nc2ccc(N=Nc3ccccc3)cc2)sc1C. The van der Waals surface area contributed by atoms with E-state index in [4.69, 9.17) is 4.74 Å². The van der Waals surface area contributed by atoms with Crippen molar-refractivity contribution in [1.29, 1.82) is 0 Å². The third-order valence-corrected chi connectivity index (χ3v) is 5.34. The van der Waals surface area contributed by atoms with Gasteiger partial charge in [0.2, 0.25) is 0 Å². The van der Waals surface area contributed by atoms with E-state index < -0.39 is 11.9 Å². The number of rotatable bonds is 8. The number of hydrogen-bond acceptors (Lipinski definition) is 6. The number of ether oxygens (including phenoxy) is 1. The summed E-state index contributed by atoms with van der Waals surface area (Å²) in [6.45, 7) is 3.74. The zero-order valence-electron chi connectivity index (χ0n) is 16.9. The summed E-state index contributed by atoms with van der Waals surface area (Å²) < 4.78 is 5.15. The van der Waals surface area contributed by atoms with Crippen LogP contribution >= 0.6 is 11.3 Å². The smallest absolute Gasteiger partial charge is 0.348 e. The molecular weight excluding hydrogens is 398 g/mol. The first-order valence-electron chi connectivity index (χ1n) is 9.68. The van der Waals surface area contributed by atoms with E-state index >= 15 is 0 Å². The number of hydrogen-bond donors (Lipinski definition) is 1. The summed E-state index contributed by atoms with van der Waals surface area (Å²) >= 11 is 1.40. The van der Waals surface area contributed by atoms with Gasteiger partial charge >= 0.3 is 5.97 Å². The van der Waals surface area contributed by atoms with Crippen molar-refractivity contribution in [3.63, 3.8) is 0 Å². The van der Waals surface area contributed by atoms with Gasteiger partial charge in [0.05, 0.1) is 11.4 Å². The number of carbonyl (C=O) groups excluding carboxylic acids is 2. The molecule has 1 N–H and O–H groups in total. The molecule has 1 heterocycles. The van der Waals surface area contributed by atoms with Crippen LogP contribution < -0.4 is 5.32 Å². The van der Waals surface area contributed by atoms with Crippen molar-refractivity contribution in [2.24, 2.45) is 10.2 Å². The molecule has 0 saturated heterocycles. The van der Waals surface area contributed by atoms with Crippen LogP contribution in [0.4, 0.5) is 17.1 Å². The Morgan fingerprint density at radius 2 is 1.67 bits per heavy atom. The second-order valence-electron chi connectivity index (χ2n) is 6.65. The number of benzene rings is 2. The number of nitrogens with zero attached hydrogens (tertiary/aromatic N) is 2. The van der Waals surface area contributed by atoms with Crippen molar-refractivity contribution >= 4 is 40.3 Å². The minimum absolute atomic E-state index is 0.339. The molecule has 30 heavy (non-hydrogen) atoms. The van der Waals surface area contributed by atoms with Crippen LogP contribution in [0.5, 0.6) is 0 Å². The largest absolute Gasteiger partial charge is 0.451 e. The molecule has 3 aromatic rings. The monoisotopic (exact) mass is 421 g/mol. The summed E-state index contributed by atoms with van der Waals surface area (Å²) in [4.78, 5) is 25.9. The Labute approximate surface area is 179 Å². The number of carbonyl (C=O) groups is 2. The molecule has 0 fully saturated rings. The van der Waals surface area contributed by atoms with Gasteiger partial charge in [-0.1, -0.05) is 31.5 Å². The minimum atomic E-state index is -0.475. The van der Waals surface area contributed by atoms with E-state index in [1.807, 2.05) is 43.3 Å². The third kappa shape index (κ3) is 6.09. The van der Waals surface area contributed by atoms with Gasteiger partial charge in [0, 0.05) is 10.6 Å². The summed E-state index contributed by atoms with van der Waals surface area (Å²) in [6, 6.07) is 18.2. The average Bonchev–Trinajstić information content (AvgIpc) is 3.13. The average molecular weight is 422 g/mol. The molecule has 0 unspecified atom stereocenters. The molecule has 0 atom stereocenters. The molecule has 0 radical (unpaired) electrons. The molecule has 6 nitrogen and oxygen atoms in total. The number of azo groups is 1. The zero-order valence-corrected chi connectivity index (χ0v) is 17.7. The van der Waals surface area contributed by atoms with E-state index in [9.17, 15) is 9.59 Å². The summed E-state index contributed by atoms with van der Waals surface area (Å²) in [6.07, 6.45) is 1.94. The van der Waals surface area contributed by atoms with Crippen molar-refractivity contribution in [3.8, 4) is 0 Å². The highest BCUT2D eigenvalue weighted by Crippen LogP contribution is 2.24. The lowest BCUT2D eigenvalue weighted by Crippen LogP contribution is -2.20. The van der Waals surface area contributed by atoms with Crippen LogP contribution in [0.1, 0.15) is 33.5 Å². The fourth-order valence-electron chi connectivity index (χ4n) is 2.76. The highest BCUT2D eigenvalue weighted by Gasteiger charge is 2.15. The minimum Gasteiger partial charge on any atom is -0.451 e. The Morgan fingerprint density at radius 1 is 1.00 bits per heavy atom. The van der Waals surface area contributed by atoms with Gasteiger partial charge in [-0.15, -0.1) is 11.3 Å². The third-order valence-electron chi connectivity index (χ3n) is 4.26. The number of thiophene rings is 1. The van der Waals surface area contributed by atoms with E-state index in [1.165, 1.54) is 11.3 Å². The van der Waals surface area contributed by atoms with E-state index in [0.717, 1.165) is 29.0 Å². The second kappa shape index (κ2) is 10.5. The van der Waals surface area contributed by atoms with E-state index in [-0.39, 0.29) is 6.61 Å². The van der Waals surface area contributed by atoms with Crippen LogP contribution in [0.15, 0.2) is 70.9 Å². The molecule has 0 aliphatic heterocycles. The normalized spacial score (nSPS) is 10.9. The molecule has 0 saturated carbocycles. The lowest BCUT2D eigenvalue weighted by molar-refractivity contribution is -0.119. The van der Waals surface area contributed by atoms with Gasteiger partial charge in [0.1, 0.15) is 4.88 Å². The molecule has 3 rings (SSSR count). The van der Waals surface area contributed by atoms with Gasteiger partial charge in [-0.2, -0.15) is 10.2 Å². The standard InChI is InChI=1S/C23H23N3O3S/c1-3-7-17-14-21(30-16(17)2)23(28)29-15-22(27)24-18-10-12-20(13-11-18)26-25-19-8-5-4-6-9-19/h4-6,8-14H,3,7,15H2,1-2H3,(H,24,27). The molecule has 0 spiro atoms. The quantitative estimate of drug-likeness (QED) is 0.346. The maximum Gasteiger partial charge on any atom is 0.348 e. The Kier molecular flexibility index (Phi) is 7.45. The van der Waals surface area contributed by atoms with Crippen molar-refractivity contribution in [2.75, 3.05) is 11.9 Å². The zero-order chi connectivity index (χ0) is 21.3. The highest BCUT2D eigenvalue weighted by molar-refractivity contribution is 7.14. The lowest BCUT2D eigenvalue weighted by atomic mass is 10.1. The van der Waals surface area contributed by atoms with Crippen molar-refractivity contribution in [2.45, 2.75) is 26.7 Å². The Bertz CT molecular complexity index is 1030. The highest BCUT2D eigenvalue weighted by atomic mass is 32.1. The maximum atomic E-state index is 12.2. The molecule has 1 amide bonds. The first-order chi connectivity index (χ1) is 14.5. The number of aryl methyl sites for hydroxylation is 2. The topological polar surface area (TPSA) is 80.1 Å². The molecule has 0 bridgehead atoms. The summed E-state index contributed by atoms with van der Waals surface area (Å²) in [5.74, 6) is -0.874. The van der Waals surface area contributed by atoms with Crippen molar-refractivity contribution in [3.05, 3.63) is 76.0 Å². The predicted octanol–water partition coefficient (Wildman–Crippen LogP) is 6.22. The summed E-state index contributed by atoms with van der Waals surface area (Å²) in [7, 11) is 0. The van der Waals surface area contributed by atoms with Crippen LogP contribution in [0.25, 0.3) is 0 Å². The molecule has 154 valence electrons. The van der Waals surface area contributed by atoms with Crippen LogP contribution in [-0.2, 0) is 16.0 Å². The van der Waals surface area contributed by atoms with E-state index in [2.05, 4.69) is 22.5 Å². The molecule has 2 aromatic carbocycles. The fourth-order valence-corrected chi connectivity index (χ4v) is 3.72. The Morgan fingerprint density at radius 3 is 2.33 bits per heavy atom. The van der Waals surface area contributed by atoms with Crippen molar-refractivity contribution in [1.82, 2.24) is 0 Å². The molecule has 1 aromatic heterocycles. The van der Waals surface area contributed by atoms with Crippen molar-refractivity contribution < 1.29 is 14.3 Å². The molecule has 7 heteroatoms. The number of anilines is 1. The number of amides is 1. The van der Waals surface area contributed by atoms with Crippen LogP contribution in [-0.4, -0.2) is 18.5 Å². The van der Waals surface area contributed by atoms with Gasteiger partial charge in [-0.25, -0.2) is 4.79 Å². The molecular formula is C23H23N3O3S. The fraction of sp³-hybridized carbons (Fsp3) is 0.217. The molecule has 0 aliphatic rings. The van der Waals surface area contributed by atoms with Gasteiger partial charge in [0.25, 0.3) is 5.91 Å². The summed E-state index contributed by atoms with van der Waals surface area (Å²) in [5, 5.41) is 11.0. The Balaban J connectivity index is 1.49. The maximum absolute atomic E-state index is 12.2. The first-order valence-corrected chi connectivity index (χ1v) is 10.5. The van der Waals surface area contributed by atoms with Crippen LogP contribution in [0, 0.1) is 6.92 Å². The number of esters is 1. The van der Waals surface area contributed by atoms with Gasteiger partial charge in [-0.05, 0) is 61.4 Å². The van der Waals surface area contributed by atoms with Gasteiger partial charge in [-0.3, -0.25) is 4.79 Å². The van der Waals surface area contributed by atoms with Crippen LogP contribution in [0.3, 0.4) is 0 Å². The first kappa shape index (κ1) is 21.4. The molecule has 0 aliphatic carbocycles. The Hall–Kier alpha value is -3.32. The predicted molar refractivity (Wildman–Crippen MR) is 119 cm³/mol. The number of nitrogens with one attached hydrogen (secondary N) is 1. The van der Waals surface area contributed by atoms with Gasteiger partial charge in [0.15, 0.2) is 6.61 Å². The summed E-state index contributed by atoms with van der Waals surface area (Å²) in [5.41, 5.74) is 3.17. The van der Waals surface area contributed by atoms with E-state index in [1.54, 1.807) is 24.3 Å².